The number of rotatable bonds is 2. The summed E-state index contributed by atoms with van der Waals surface area (Å²) in [6.45, 7) is 6.56. The van der Waals surface area contributed by atoms with Crippen molar-refractivity contribution in [2.24, 2.45) is 0 Å². The maximum atomic E-state index is 12.1. The molecule has 0 aliphatic rings. The highest BCUT2D eigenvalue weighted by molar-refractivity contribution is 6.04. The summed E-state index contributed by atoms with van der Waals surface area (Å²) in [6, 6.07) is 17.8. The van der Waals surface area contributed by atoms with Crippen LogP contribution >= 0.6 is 0 Å². The summed E-state index contributed by atoms with van der Waals surface area (Å²) in [4.78, 5) is 16.9. The van der Waals surface area contributed by atoms with Crippen LogP contribution < -0.4 is 0 Å². The molecule has 0 atom stereocenters. The first-order valence-corrected chi connectivity index (χ1v) is 7.99. The first-order valence-electron chi connectivity index (χ1n) is 7.99. The van der Waals surface area contributed by atoms with Gasteiger partial charge in [-0.2, -0.15) is 0 Å². The van der Waals surface area contributed by atoms with Gasteiger partial charge in [0.25, 0.3) is 0 Å². The number of methoxy groups -OCH3 is 1. The molecule has 0 spiro atoms. The number of carbonyl (C=O) groups excluding carboxylic acids is 1. The number of carbonyl (C=O) groups is 1. The highest BCUT2D eigenvalue weighted by Gasteiger charge is 2.16. The zero-order valence-electron chi connectivity index (χ0n) is 14.5. The average Bonchev–Trinajstić information content (AvgIpc) is 2.59. The molecule has 0 bridgehead atoms. The van der Waals surface area contributed by atoms with Crippen molar-refractivity contribution < 1.29 is 9.53 Å². The Kier molecular flexibility index (Phi) is 4.10. The van der Waals surface area contributed by atoms with Crippen LogP contribution in [0.2, 0.25) is 0 Å². The monoisotopic (exact) mass is 319 g/mol. The van der Waals surface area contributed by atoms with Crippen molar-refractivity contribution in [3.05, 3.63) is 65.7 Å². The summed E-state index contributed by atoms with van der Waals surface area (Å²) < 4.78 is 4.93. The third-order valence-electron chi connectivity index (χ3n) is 4.17. The fraction of sp³-hybridized carbons (Fsp3) is 0.238. The number of aromatic nitrogens is 1. The van der Waals surface area contributed by atoms with E-state index in [4.69, 9.17) is 9.72 Å². The first kappa shape index (κ1) is 16.2. The standard InChI is InChI=1S/C21H21NO2/c1-21(2,3)15-11-9-14(10-12-15)19-13-17(20(23)24-4)16-7-5-6-8-18(16)22-19/h5-13H,1-4H3. The van der Waals surface area contributed by atoms with Crippen LogP contribution in [0.25, 0.3) is 22.2 Å². The Bertz CT molecular complexity index is 890. The molecule has 0 amide bonds. The molecule has 3 aromatic rings. The molecule has 0 fully saturated rings. The predicted molar refractivity (Wildman–Crippen MR) is 97.2 cm³/mol. The molecule has 0 radical (unpaired) electrons. The minimum atomic E-state index is -0.346. The van der Waals surface area contributed by atoms with Crippen molar-refractivity contribution in [2.45, 2.75) is 26.2 Å². The molecular formula is C21H21NO2. The van der Waals surface area contributed by atoms with Gasteiger partial charge in [-0.25, -0.2) is 9.78 Å². The molecule has 1 heterocycles. The second-order valence-electron chi connectivity index (χ2n) is 6.89. The molecule has 24 heavy (non-hydrogen) atoms. The van der Waals surface area contributed by atoms with Crippen LogP contribution in [0, 0.1) is 0 Å². The van der Waals surface area contributed by atoms with Gasteiger partial charge in [-0.3, -0.25) is 0 Å². The molecule has 0 aliphatic carbocycles. The van der Waals surface area contributed by atoms with Crippen LogP contribution in [0.3, 0.4) is 0 Å². The van der Waals surface area contributed by atoms with E-state index in [1.165, 1.54) is 12.7 Å². The molecule has 3 heteroatoms. The van der Waals surface area contributed by atoms with E-state index < -0.39 is 0 Å². The Morgan fingerprint density at radius 3 is 2.29 bits per heavy atom. The van der Waals surface area contributed by atoms with Crippen LogP contribution in [0.4, 0.5) is 0 Å². The van der Waals surface area contributed by atoms with E-state index in [1.54, 1.807) is 6.07 Å². The highest BCUT2D eigenvalue weighted by Crippen LogP contribution is 2.28. The minimum Gasteiger partial charge on any atom is -0.465 e. The van der Waals surface area contributed by atoms with E-state index in [0.29, 0.717) is 5.56 Å². The summed E-state index contributed by atoms with van der Waals surface area (Å²) in [5.41, 5.74) is 4.45. The second kappa shape index (κ2) is 6.08. The Labute approximate surface area is 142 Å². The van der Waals surface area contributed by atoms with Gasteiger partial charge < -0.3 is 4.74 Å². The first-order chi connectivity index (χ1) is 11.4. The number of fused-ring (bicyclic) bond motifs is 1. The van der Waals surface area contributed by atoms with Crippen LogP contribution in [0.1, 0.15) is 36.7 Å². The molecule has 1 aromatic heterocycles. The third-order valence-corrected chi connectivity index (χ3v) is 4.17. The second-order valence-corrected chi connectivity index (χ2v) is 6.89. The van der Waals surface area contributed by atoms with Gasteiger partial charge in [-0.05, 0) is 23.1 Å². The average molecular weight is 319 g/mol. The lowest BCUT2D eigenvalue weighted by atomic mass is 9.86. The molecule has 2 aromatic carbocycles. The molecule has 122 valence electrons. The fourth-order valence-corrected chi connectivity index (χ4v) is 2.74. The van der Waals surface area contributed by atoms with E-state index in [2.05, 4.69) is 45.0 Å². The van der Waals surface area contributed by atoms with Crippen molar-refractivity contribution in [1.29, 1.82) is 0 Å². The quantitative estimate of drug-likeness (QED) is 0.625. The van der Waals surface area contributed by atoms with E-state index in [0.717, 1.165) is 22.2 Å². The topological polar surface area (TPSA) is 39.2 Å². The van der Waals surface area contributed by atoms with Gasteiger partial charge in [0.2, 0.25) is 0 Å². The summed E-state index contributed by atoms with van der Waals surface area (Å²) in [5.74, 6) is -0.346. The smallest absolute Gasteiger partial charge is 0.338 e. The van der Waals surface area contributed by atoms with Crippen molar-refractivity contribution >= 4 is 16.9 Å². The van der Waals surface area contributed by atoms with Gasteiger partial charge in [0, 0.05) is 10.9 Å². The van der Waals surface area contributed by atoms with Crippen molar-refractivity contribution in [3.63, 3.8) is 0 Å². The van der Waals surface area contributed by atoms with Crippen molar-refractivity contribution in [3.8, 4) is 11.3 Å². The SMILES string of the molecule is COC(=O)c1cc(-c2ccc(C(C)(C)C)cc2)nc2ccccc12. The number of nitrogens with zero attached hydrogens (tertiary/aromatic N) is 1. The zero-order chi connectivity index (χ0) is 17.3. The molecule has 0 N–H and O–H groups in total. The van der Waals surface area contributed by atoms with Crippen molar-refractivity contribution in [1.82, 2.24) is 4.98 Å². The minimum absolute atomic E-state index is 0.104. The largest absolute Gasteiger partial charge is 0.465 e. The maximum absolute atomic E-state index is 12.1. The fourth-order valence-electron chi connectivity index (χ4n) is 2.74. The number of esters is 1. The molecule has 0 aliphatic heterocycles. The third kappa shape index (κ3) is 3.02. The number of hydrogen-bond acceptors (Lipinski definition) is 3. The van der Waals surface area contributed by atoms with Gasteiger partial charge >= 0.3 is 5.97 Å². The number of pyridine rings is 1. The van der Waals surface area contributed by atoms with Crippen molar-refractivity contribution in [2.75, 3.05) is 7.11 Å². The van der Waals surface area contributed by atoms with Crippen LogP contribution in [0.5, 0.6) is 0 Å². The van der Waals surface area contributed by atoms with Crippen LogP contribution in [0.15, 0.2) is 54.6 Å². The molecule has 0 saturated heterocycles. The Hall–Kier alpha value is -2.68. The normalized spacial score (nSPS) is 11.5. The zero-order valence-corrected chi connectivity index (χ0v) is 14.5. The molecule has 0 saturated carbocycles. The van der Waals surface area contributed by atoms with Gasteiger partial charge in [0.1, 0.15) is 0 Å². The molecule has 3 nitrogen and oxygen atoms in total. The summed E-state index contributed by atoms with van der Waals surface area (Å²) in [7, 11) is 1.40. The summed E-state index contributed by atoms with van der Waals surface area (Å²) in [6.07, 6.45) is 0. The Morgan fingerprint density at radius 1 is 1.00 bits per heavy atom. The number of hydrogen-bond donors (Lipinski definition) is 0. The lowest BCUT2D eigenvalue weighted by Crippen LogP contribution is -2.10. The van der Waals surface area contributed by atoms with Gasteiger partial charge in [-0.1, -0.05) is 63.2 Å². The number of para-hydroxylation sites is 1. The lowest BCUT2D eigenvalue weighted by Gasteiger charge is -2.19. The van der Waals surface area contributed by atoms with E-state index >= 15 is 0 Å². The predicted octanol–water partition coefficient (Wildman–Crippen LogP) is 4.99. The van der Waals surface area contributed by atoms with E-state index in [-0.39, 0.29) is 11.4 Å². The van der Waals surface area contributed by atoms with Crippen LogP contribution in [-0.2, 0) is 10.2 Å². The molecule has 0 unspecified atom stereocenters. The highest BCUT2D eigenvalue weighted by atomic mass is 16.5. The summed E-state index contributed by atoms with van der Waals surface area (Å²) >= 11 is 0. The van der Waals surface area contributed by atoms with E-state index in [9.17, 15) is 4.79 Å². The van der Waals surface area contributed by atoms with Crippen LogP contribution in [-0.4, -0.2) is 18.1 Å². The number of benzene rings is 2. The Balaban J connectivity index is 2.14. The molecule has 3 rings (SSSR count). The van der Waals surface area contributed by atoms with Gasteiger partial charge in [-0.15, -0.1) is 0 Å². The lowest BCUT2D eigenvalue weighted by molar-refractivity contribution is 0.0603. The van der Waals surface area contributed by atoms with Gasteiger partial charge in [0.05, 0.1) is 23.9 Å². The van der Waals surface area contributed by atoms with Gasteiger partial charge in [0.15, 0.2) is 0 Å². The van der Waals surface area contributed by atoms with E-state index in [1.807, 2.05) is 24.3 Å². The maximum Gasteiger partial charge on any atom is 0.338 e. The Morgan fingerprint density at radius 2 is 1.67 bits per heavy atom. The number of ether oxygens (including phenoxy) is 1. The molecular weight excluding hydrogens is 298 g/mol. The summed E-state index contributed by atoms with van der Waals surface area (Å²) in [5, 5.41) is 0.805.